The van der Waals surface area contributed by atoms with Crippen molar-refractivity contribution < 1.29 is 4.74 Å². The molecular weight excluding hydrogens is 200 g/mol. The minimum Gasteiger partial charge on any atom is -0.377 e. The van der Waals surface area contributed by atoms with Crippen LogP contribution in [-0.4, -0.2) is 37.9 Å². The lowest BCUT2D eigenvalue weighted by molar-refractivity contribution is 0.0164. The van der Waals surface area contributed by atoms with Crippen molar-refractivity contribution in [3.63, 3.8) is 0 Å². The Labute approximate surface area is 98.3 Å². The lowest BCUT2D eigenvalue weighted by Crippen LogP contribution is -2.37. The maximum absolute atomic E-state index is 5.73. The van der Waals surface area contributed by atoms with Crippen LogP contribution in [0, 0.1) is 5.92 Å². The van der Waals surface area contributed by atoms with Crippen molar-refractivity contribution in [1.82, 2.24) is 10.6 Å². The molecule has 0 spiro atoms. The molecule has 2 N–H and O–H groups in total. The van der Waals surface area contributed by atoms with E-state index in [2.05, 4.69) is 10.6 Å². The largest absolute Gasteiger partial charge is 0.377 e. The maximum Gasteiger partial charge on any atom is 0.0699 e. The number of nitrogens with one attached hydrogen (secondary N) is 2. The van der Waals surface area contributed by atoms with Gasteiger partial charge in [0.1, 0.15) is 0 Å². The fourth-order valence-electron chi connectivity index (χ4n) is 3.56. The SMILES string of the molecule is C1CCC(CNCC2CC3CCC2N3)OC1. The monoisotopic (exact) mass is 224 g/mol. The van der Waals surface area contributed by atoms with Crippen molar-refractivity contribution in [2.75, 3.05) is 19.7 Å². The molecule has 4 unspecified atom stereocenters. The second-order valence-electron chi connectivity index (χ2n) is 5.69. The van der Waals surface area contributed by atoms with E-state index in [1.54, 1.807) is 0 Å². The highest BCUT2D eigenvalue weighted by atomic mass is 16.5. The molecule has 3 fully saturated rings. The van der Waals surface area contributed by atoms with Crippen LogP contribution in [0.15, 0.2) is 0 Å². The van der Waals surface area contributed by atoms with Crippen LogP contribution < -0.4 is 10.6 Å². The molecule has 0 aromatic rings. The fraction of sp³-hybridized carbons (Fsp3) is 1.00. The number of rotatable bonds is 4. The van der Waals surface area contributed by atoms with Crippen LogP contribution >= 0.6 is 0 Å². The maximum atomic E-state index is 5.73. The summed E-state index contributed by atoms with van der Waals surface area (Å²) in [5.41, 5.74) is 0. The van der Waals surface area contributed by atoms with Gasteiger partial charge in [-0.15, -0.1) is 0 Å². The average molecular weight is 224 g/mol. The van der Waals surface area contributed by atoms with Crippen LogP contribution in [0.2, 0.25) is 0 Å². The van der Waals surface area contributed by atoms with Crippen LogP contribution in [0.4, 0.5) is 0 Å². The highest BCUT2D eigenvalue weighted by Gasteiger charge is 2.38. The van der Waals surface area contributed by atoms with E-state index < -0.39 is 0 Å². The predicted molar refractivity (Wildman–Crippen MR) is 64.5 cm³/mol. The Kier molecular flexibility index (Phi) is 3.46. The third kappa shape index (κ3) is 2.41. The number of hydrogen-bond donors (Lipinski definition) is 2. The molecule has 92 valence electrons. The van der Waals surface area contributed by atoms with Gasteiger partial charge >= 0.3 is 0 Å². The van der Waals surface area contributed by atoms with Gasteiger partial charge in [-0.25, -0.2) is 0 Å². The molecule has 0 saturated carbocycles. The summed E-state index contributed by atoms with van der Waals surface area (Å²) < 4.78 is 5.73. The van der Waals surface area contributed by atoms with Gasteiger partial charge < -0.3 is 15.4 Å². The second-order valence-corrected chi connectivity index (χ2v) is 5.69. The van der Waals surface area contributed by atoms with Crippen LogP contribution in [0.3, 0.4) is 0 Å². The first kappa shape index (κ1) is 11.0. The van der Waals surface area contributed by atoms with E-state index in [9.17, 15) is 0 Å². The molecule has 0 radical (unpaired) electrons. The highest BCUT2D eigenvalue weighted by Crippen LogP contribution is 2.32. The molecule has 3 nitrogen and oxygen atoms in total. The summed E-state index contributed by atoms with van der Waals surface area (Å²) in [7, 11) is 0. The molecule has 3 saturated heterocycles. The van der Waals surface area contributed by atoms with Crippen molar-refractivity contribution in [2.24, 2.45) is 5.92 Å². The molecule has 0 aromatic carbocycles. The molecular formula is C13H24N2O. The quantitative estimate of drug-likeness (QED) is 0.755. The summed E-state index contributed by atoms with van der Waals surface area (Å²) in [5.74, 6) is 0.877. The predicted octanol–water partition coefficient (Wildman–Crippen LogP) is 1.29. The van der Waals surface area contributed by atoms with Crippen LogP contribution in [0.25, 0.3) is 0 Å². The Morgan fingerprint density at radius 1 is 1.12 bits per heavy atom. The lowest BCUT2D eigenvalue weighted by atomic mass is 9.89. The molecule has 4 atom stereocenters. The van der Waals surface area contributed by atoms with Crippen molar-refractivity contribution >= 4 is 0 Å². The zero-order valence-electron chi connectivity index (χ0n) is 10.1. The molecule has 2 bridgehead atoms. The Morgan fingerprint density at radius 2 is 2.12 bits per heavy atom. The topological polar surface area (TPSA) is 33.3 Å². The number of hydrogen-bond acceptors (Lipinski definition) is 3. The van der Waals surface area contributed by atoms with E-state index in [1.807, 2.05) is 0 Å². The van der Waals surface area contributed by atoms with E-state index >= 15 is 0 Å². The van der Waals surface area contributed by atoms with E-state index in [4.69, 9.17) is 4.74 Å². The van der Waals surface area contributed by atoms with E-state index in [0.717, 1.165) is 31.2 Å². The van der Waals surface area contributed by atoms with Gasteiger partial charge in [-0.2, -0.15) is 0 Å². The van der Waals surface area contributed by atoms with E-state index in [-0.39, 0.29) is 0 Å². The molecule has 0 aromatic heterocycles. The normalized spacial score (nSPS) is 42.8. The molecule has 3 heteroatoms. The van der Waals surface area contributed by atoms with Crippen molar-refractivity contribution in [3.05, 3.63) is 0 Å². The van der Waals surface area contributed by atoms with Gasteiger partial charge in [0, 0.05) is 25.2 Å². The third-order valence-electron chi connectivity index (χ3n) is 4.48. The lowest BCUT2D eigenvalue weighted by Gasteiger charge is -2.25. The molecule has 3 rings (SSSR count). The molecule has 3 aliphatic heterocycles. The number of fused-ring (bicyclic) bond motifs is 2. The van der Waals surface area contributed by atoms with Gasteiger partial charge in [0.15, 0.2) is 0 Å². The zero-order chi connectivity index (χ0) is 10.8. The van der Waals surface area contributed by atoms with Gasteiger partial charge in [-0.1, -0.05) is 0 Å². The van der Waals surface area contributed by atoms with Gasteiger partial charge in [-0.3, -0.25) is 0 Å². The molecule has 0 amide bonds. The van der Waals surface area contributed by atoms with Crippen molar-refractivity contribution in [1.29, 1.82) is 0 Å². The summed E-state index contributed by atoms with van der Waals surface area (Å²) in [6.07, 6.45) is 8.55. The summed E-state index contributed by atoms with van der Waals surface area (Å²) in [4.78, 5) is 0. The summed E-state index contributed by atoms with van der Waals surface area (Å²) in [5, 5.41) is 7.31. The first-order valence-corrected chi connectivity index (χ1v) is 7.00. The first-order chi connectivity index (χ1) is 7.92. The first-order valence-electron chi connectivity index (χ1n) is 7.00. The zero-order valence-corrected chi connectivity index (χ0v) is 10.1. The Hall–Kier alpha value is -0.120. The molecule has 16 heavy (non-hydrogen) atoms. The highest BCUT2D eigenvalue weighted by molar-refractivity contribution is 4.97. The van der Waals surface area contributed by atoms with Gasteiger partial charge in [0.2, 0.25) is 0 Å². The summed E-state index contributed by atoms with van der Waals surface area (Å²) >= 11 is 0. The Balaban J connectivity index is 1.34. The van der Waals surface area contributed by atoms with Gasteiger partial charge in [0.05, 0.1) is 6.10 Å². The van der Waals surface area contributed by atoms with Crippen LogP contribution in [-0.2, 0) is 4.74 Å². The standard InChI is InChI=1S/C13H24N2O/c1-2-6-16-12(3-1)9-14-8-10-7-11-4-5-13(10)15-11/h10-15H,1-9H2. The summed E-state index contributed by atoms with van der Waals surface area (Å²) in [6, 6.07) is 1.65. The average Bonchev–Trinajstić information content (AvgIpc) is 2.92. The number of ether oxygens (including phenoxy) is 1. The molecule has 0 aliphatic carbocycles. The van der Waals surface area contributed by atoms with E-state index in [1.165, 1.54) is 45.1 Å². The summed E-state index contributed by atoms with van der Waals surface area (Å²) in [6.45, 7) is 3.23. The van der Waals surface area contributed by atoms with E-state index in [0.29, 0.717) is 6.10 Å². The molecule has 3 aliphatic rings. The Bertz CT molecular complexity index is 228. The van der Waals surface area contributed by atoms with Crippen LogP contribution in [0.5, 0.6) is 0 Å². The van der Waals surface area contributed by atoms with Gasteiger partial charge in [0.25, 0.3) is 0 Å². The van der Waals surface area contributed by atoms with Crippen LogP contribution in [0.1, 0.15) is 38.5 Å². The fourth-order valence-corrected chi connectivity index (χ4v) is 3.56. The Morgan fingerprint density at radius 3 is 2.81 bits per heavy atom. The third-order valence-corrected chi connectivity index (χ3v) is 4.48. The smallest absolute Gasteiger partial charge is 0.0699 e. The second kappa shape index (κ2) is 5.03. The van der Waals surface area contributed by atoms with Crippen molar-refractivity contribution in [2.45, 2.75) is 56.7 Å². The molecule has 3 heterocycles. The van der Waals surface area contributed by atoms with Gasteiger partial charge in [-0.05, 0) is 51.0 Å². The minimum absolute atomic E-state index is 0.486. The van der Waals surface area contributed by atoms with Crippen molar-refractivity contribution in [3.8, 4) is 0 Å². The minimum atomic E-state index is 0.486.